The molecule has 4 nitrogen and oxygen atoms in total. The first-order chi connectivity index (χ1) is 7.62. The molecule has 10 heteroatoms. The average molecular weight is 284 g/mol. The highest BCUT2D eigenvalue weighted by Gasteiger charge is 2.50. The molecular weight excluding hydrogens is 275 g/mol. The lowest BCUT2D eigenvalue weighted by Crippen LogP contribution is -2.39. The molecule has 1 aliphatic carbocycles. The van der Waals surface area contributed by atoms with Gasteiger partial charge in [0.25, 0.3) is 0 Å². The summed E-state index contributed by atoms with van der Waals surface area (Å²) in [6.45, 7) is -3.28. The Labute approximate surface area is 93.8 Å². The van der Waals surface area contributed by atoms with E-state index < -0.39 is 34.3 Å². The highest BCUT2D eigenvalue weighted by atomic mass is 32.2. The Hall–Kier alpha value is -0.480. The Morgan fingerprint density at radius 1 is 1.24 bits per heavy atom. The van der Waals surface area contributed by atoms with E-state index in [1.807, 2.05) is 0 Å². The molecule has 1 rings (SSSR count). The lowest BCUT2D eigenvalue weighted by molar-refractivity contribution is -0.150. The summed E-state index contributed by atoms with van der Waals surface area (Å²) in [5, 5.41) is 0. The molecule has 0 spiro atoms. The fourth-order valence-electron chi connectivity index (χ4n) is 1.33. The maximum Gasteiger partial charge on any atom is 0.523 e. The monoisotopic (exact) mass is 284 g/mol. The summed E-state index contributed by atoms with van der Waals surface area (Å²) in [5.74, 6) is -0.405. The van der Waals surface area contributed by atoms with Crippen LogP contribution in [0.15, 0.2) is 0 Å². The van der Waals surface area contributed by atoms with E-state index in [2.05, 4.69) is 8.92 Å². The van der Waals surface area contributed by atoms with Crippen molar-refractivity contribution in [1.29, 1.82) is 0 Å². The third kappa shape index (κ3) is 4.03. The molecule has 0 aromatic heterocycles. The van der Waals surface area contributed by atoms with Crippen molar-refractivity contribution in [2.45, 2.75) is 31.1 Å². The van der Waals surface area contributed by atoms with Crippen LogP contribution in [0.5, 0.6) is 0 Å². The number of halogens is 5. The second-order valence-corrected chi connectivity index (χ2v) is 5.11. The van der Waals surface area contributed by atoms with Crippen LogP contribution in [0.3, 0.4) is 0 Å². The van der Waals surface area contributed by atoms with Gasteiger partial charge in [-0.25, -0.2) is 0 Å². The summed E-state index contributed by atoms with van der Waals surface area (Å²) < 4.78 is 87.6. The van der Waals surface area contributed by atoms with Crippen LogP contribution < -0.4 is 0 Å². The molecule has 0 aromatic carbocycles. The fraction of sp³-hybridized carbons (Fsp3) is 1.00. The van der Waals surface area contributed by atoms with E-state index in [0.29, 0.717) is 0 Å². The van der Waals surface area contributed by atoms with Gasteiger partial charge in [0.05, 0.1) is 12.7 Å². The molecule has 17 heavy (non-hydrogen) atoms. The summed E-state index contributed by atoms with van der Waals surface area (Å²) in [6.07, 6.45) is -1.22. The Kier molecular flexibility index (Phi) is 4.31. The van der Waals surface area contributed by atoms with Crippen molar-refractivity contribution in [3.8, 4) is 0 Å². The van der Waals surface area contributed by atoms with Crippen molar-refractivity contribution in [3.63, 3.8) is 0 Å². The summed E-state index contributed by atoms with van der Waals surface area (Å²) in [4.78, 5) is 0. The number of alkyl halides is 5. The van der Waals surface area contributed by atoms with Gasteiger partial charge in [0.2, 0.25) is 0 Å². The predicted molar refractivity (Wildman–Crippen MR) is 44.5 cm³/mol. The molecule has 102 valence electrons. The Morgan fingerprint density at radius 2 is 1.76 bits per heavy atom. The van der Waals surface area contributed by atoms with Gasteiger partial charge >= 0.3 is 22.2 Å². The summed E-state index contributed by atoms with van der Waals surface area (Å²) in [6, 6.07) is 0. The lowest BCUT2D eigenvalue weighted by Gasteiger charge is -2.33. The van der Waals surface area contributed by atoms with Crippen LogP contribution in [-0.4, -0.2) is 33.2 Å². The maximum absolute atomic E-state index is 11.9. The van der Waals surface area contributed by atoms with Crippen molar-refractivity contribution >= 4 is 10.1 Å². The third-order valence-corrected chi connectivity index (χ3v) is 3.29. The molecule has 0 saturated heterocycles. The van der Waals surface area contributed by atoms with Crippen LogP contribution in [0.2, 0.25) is 0 Å². The second kappa shape index (κ2) is 5.02. The van der Waals surface area contributed by atoms with Crippen LogP contribution in [0.4, 0.5) is 22.0 Å². The number of rotatable bonds is 5. The zero-order valence-electron chi connectivity index (χ0n) is 8.28. The molecule has 0 aliphatic heterocycles. The Bertz CT molecular complexity index is 346. The van der Waals surface area contributed by atoms with Gasteiger partial charge in [-0.3, -0.25) is 4.18 Å². The quantitative estimate of drug-likeness (QED) is 0.439. The van der Waals surface area contributed by atoms with Crippen molar-refractivity contribution in [2.75, 3.05) is 6.61 Å². The fourth-order valence-corrected chi connectivity index (χ4v) is 1.96. The van der Waals surface area contributed by atoms with Gasteiger partial charge in [0, 0.05) is 0 Å². The topological polar surface area (TPSA) is 52.6 Å². The van der Waals surface area contributed by atoms with E-state index in [1.165, 1.54) is 0 Å². The largest absolute Gasteiger partial charge is 0.523 e. The number of ether oxygens (including phenoxy) is 1. The summed E-state index contributed by atoms with van der Waals surface area (Å²) >= 11 is 0. The van der Waals surface area contributed by atoms with Crippen molar-refractivity contribution < 1.29 is 39.3 Å². The summed E-state index contributed by atoms with van der Waals surface area (Å²) in [7, 11) is -5.60. The molecule has 0 unspecified atom stereocenters. The molecule has 0 radical (unpaired) electrons. The van der Waals surface area contributed by atoms with E-state index in [-0.39, 0.29) is 19.4 Å². The van der Waals surface area contributed by atoms with Gasteiger partial charge in [-0.05, 0) is 18.8 Å². The SMILES string of the molecule is O=S(=O)(O[C@H]1C[C@@H](COC(F)F)C1)C(F)(F)F. The van der Waals surface area contributed by atoms with Crippen LogP contribution >= 0.6 is 0 Å². The molecule has 0 heterocycles. The van der Waals surface area contributed by atoms with E-state index >= 15 is 0 Å². The maximum atomic E-state index is 11.9. The lowest BCUT2D eigenvalue weighted by atomic mass is 9.83. The summed E-state index contributed by atoms with van der Waals surface area (Å²) in [5.41, 5.74) is -5.46. The first kappa shape index (κ1) is 14.6. The minimum Gasteiger partial charge on any atom is -0.323 e. The molecular formula is C7H9F5O4S. The van der Waals surface area contributed by atoms with Crippen LogP contribution in [0.1, 0.15) is 12.8 Å². The van der Waals surface area contributed by atoms with E-state index in [4.69, 9.17) is 0 Å². The molecule has 0 atom stereocenters. The molecule has 1 aliphatic rings. The normalized spacial score (nSPS) is 26.0. The van der Waals surface area contributed by atoms with Gasteiger partial charge in [0.15, 0.2) is 0 Å². The average Bonchev–Trinajstić information content (AvgIpc) is 2.06. The van der Waals surface area contributed by atoms with Crippen LogP contribution in [0, 0.1) is 5.92 Å². The second-order valence-electron chi connectivity index (χ2n) is 3.55. The van der Waals surface area contributed by atoms with Crippen molar-refractivity contribution in [1.82, 2.24) is 0 Å². The Morgan fingerprint density at radius 3 is 2.18 bits per heavy atom. The molecule has 0 amide bonds. The zero-order valence-corrected chi connectivity index (χ0v) is 9.10. The van der Waals surface area contributed by atoms with Crippen LogP contribution in [0.25, 0.3) is 0 Å². The standard InChI is InChI=1S/C7H9F5O4S/c8-6(9)15-3-4-1-5(2-4)16-17(13,14)7(10,11)12/h4-6H,1-3H2/t4-,5+. The molecule has 1 saturated carbocycles. The number of hydrogen-bond acceptors (Lipinski definition) is 4. The number of hydrogen-bond donors (Lipinski definition) is 0. The van der Waals surface area contributed by atoms with Crippen molar-refractivity contribution in [3.05, 3.63) is 0 Å². The third-order valence-electron chi connectivity index (χ3n) is 2.20. The predicted octanol–water partition coefficient (Wildman–Crippen LogP) is 1.87. The first-order valence-electron chi connectivity index (χ1n) is 4.51. The minimum absolute atomic E-state index is 0.0535. The van der Waals surface area contributed by atoms with Gasteiger partial charge < -0.3 is 4.74 Å². The van der Waals surface area contributed by atoms with Gasteiger partial charge in [0.1, 0.15) is 0 Å². The molecule has 0 bridgehead atoms. The van der Waals surface area contributed by atoms with Crippen molar-refractivity contribution in [2.24, 2.45) is 5.92 Å². The smallest absolute Gasteiger partial charge is 0.323 e. The highest BCUT2D eigenvalue weighted by Crippen LogP contribution is 2.35. The Balaban J connectivity index is 2.31. The van der Waals surface area contributed by atoms with E-state index in [1.54, 1.807) is 0 Å². The molecule has 0 N–H and O–H groups in total. The van der Waals surface area contributed by atoms with Crippen LogP contribution in [-0.2, 0) is 19.0 Å². The highest BCUT2D eigenvalue weighted by molar-refractivity contribution is 7.87. The zero-order chi connectivity index (χ0) is 13.3. The van der Waals surface area contributed by atoms with Gasteiger partial charge in [-0.15, -0.1) is 0 Å². The molecule has 0 aromatic rings. The van der Waals surface area contributed by atoms with E-state index in [9.17, 15) is 30.4 Å². The van der Waals surface area contributed by atoms with Gasteiger partial charge in [-0.1, -0.05) is 0 Å². The van der Waals surface area contributed by atoms with E-state index in [0.717, 1.165) is 0 Å². The minimum atomic E-state index is -5.60. The molecule has 1 fully saturated rings. The van der Waals surface area contributed by atoms with Gasteiger partial charge in [-0.2, -0.15) is 30.4 Å². The first-order valence-corrected chi connectivity index (χ1v) is 5.92.